The van der Waals surface area contributed by atoms with Gasteiger partial charge in [0.15, 0.2) is 5.78 Å². The Morgan fingerprint density at radius 2 is 1.88 bits per heavy atom. The van der Waals surface area contributed by atoms with Crippen molar-refractivity contribution in [2.45, 2.75) is 31.6 Å². The molecule has 5 heteroatoms. The molecule has 1 aliphatic carbocycles. The van der Waals surface area contributed by atoms with Gasteiger partial charge in [0.1, 0.15) is 0 Å². The van der Waals surface area contributed by atoms with Crippen LogP contribution in [0.15, 0.2) is 60.1 Å². The number of carbonyl (C=O) groups excluding carboxylic acids is 2. The second kappa shape index (κ2) is 6.45. The van der Waals surface area contributed by atoms with Gasteiger partial charge >= 0.3 is 0 Å². The van der Waals surface area contributed by atoms with Crippen LogP contribution in [-0.2, 0) is 9.59 Å². The SMILES string of the molecule is O=C1CCCC2=C1C(c1ccc(Cl)cc1)CC(=O)N2c1cccnc1. The minimum atomic E-state index is -0.194. The van der Waals surface area contributed by atoms with Crippen molar-refractivity contribution in [1.29, 1.82) is 0 Å². The molecule has 1 atom stereocenters. The second-order valence-electron chi connectivity index (χ2n) is 6.39. The van der Waals surface area contributed by atoms with E-state index in [1.807, 2.05) is 30.3 Å². The molecule has 2 aliphatic rings. The third kappa shape index (κ3) is 2.87. The minimum absolute atomic E-state index is 0.00130. The molecule has 0 radical (unpaired) electrons. The van der Waals surface area contributed by atoms with Gasteiger partial charge in [-0.3, -0.25) is 19.5 Å². The number of anilines is 1. The van der Waals surface area contributed by atoms with Crippen LogP contribution in [0.1, 0.15) is 37.2 Å². The molecule has 0 saturated heterocycles. The van der Waals surface area contributed by atoms with Crippen LogP contribution in [0.2, 0.25) is 5.02 Å². The van der Waals surface area contributed by atoms with Crippen molar-refractivity contribution in [3.8, 4) is 0 Å². The largest absolute Gasteiger partial charge is 0.294 e. The molecule has 0 bridgehead atoms. The number of pyridine rings is 1. The lowest BCUT2D eigenvalue weighted by atomic mass is 9.77. The van der Waals surface area contributed by atoms with Gasteiger partial charge in [-0.05, 0) is 42.7 Å². The van der Waals surface area contributed by atoms with E-state index in [9.17, 15) is 9.59 Å². The molecule has 0 N–H and O–H groups in total. The number of rotatable bonds is 2. The van der Waals surface area contributed by atoms with Crippen LogP contribution in [-0.4, -0.2) is 16.7 Å². The van der Waals surface area contributed by atoms with E-state index < -0.39 is 0 Å². The van der Waals surface area contributed by atoms with Crippen LogP contribution in [0.4, 0.5) is 5.69 Å². The molecule has 4 rings (SSSR count). The van der Waals surface area contributed by atoms with E-state index in [1.54, 1.807) is 23.4 Å². The van der Waals surface area contributed by atoms with Gasteiger partial charge in [-0.15, -0.1) is 0 Å². The van der Waals surface area contributed by atoms with Gasteiger partial charge in [-0.25, -0.2) is 0 Å². The Bertz CT molecular complexity index is 859. The number of carbonyl (C=O) groups is 2. The van der Waals surface area contributed by atoms with E-state index in [0.29, 0.717) is 11.4 Å². The van der Waals surface area contributed by atoms with Crippen molar-refractivity contribution >= 4 is 29.0 Å². The molecule has 1 aliphatic heterocycles. The van der Waals surface area contributed by atoms with Gasteiger partial charge in [0.05, 0.1) is 11.9 Å². The summed E-state index contributed by atoms with van der Waals surface area (Å²) >= 11 is 5.99. The molecule has 2 aromatic rings. The summed E-state index contributed by atoms with van der Waals surface area (Å²) in [6, 6.07) is 11.1. The summed E-state index contributed by atoms with van der Waals surface area (Å²) in [5, 5.41) is 0.645. The summed E-state index contributed by atoms with van der Waals surface area (Å²) in [7, 11) is 0. The fourth-order valence-corrected chi connectivity index (χ4v) is 3.88. The van der Waals surface area contributed by atoms with Crippen LogP contribution in [0.25, 0.3) is 0 Å². The predicted molar refractivity (Wildman–Crippen MR) is 96.4 cm³/mol. The third-order valence-corrected chi connectivity index (χ3v) is 5.10. The number of benzene rings is 1. The van der Waals surface area contributed by atoms with E-state index in [0.717, 1.165) is 35.4 Å². The van der Waals surface area contributed by atoms with Gasteiger partial charge < -0.3 is 0 Å². The average Bonchev–Trinajstić information content (AvgIpc) is 2.62. The zero-order valence-corrected chi connectivity index (χ0v) is 14.4. The van der Waals surface area contributed by atoms with Gasteiger partial charge in [-0.2, -0.15) is 0 Å². The predicted octanol–water partition coefficient (Wildman–Crippen LogP) is 4.26. The molecule has 25 heavy (non-hydrogen) atoms. The average molecular weight is 353 g/mol. The number of nitrogens with zero attached hydrogens (tertiary/aromatic N) is 2. The molecule has 1 unspecified atom stereocenters. The lowest BCUT2D eigenvalue weighted by molar-refractivity contribution is -0.119. The maximum Gasteiger partial charge on any atom is 0.232 e. The van der Waals surface area contributed by atoms with Crippen LogP contribution >= 0.6 is 11.6 Å². The summed E-state index contributed by atoms with van der Waals surface area (Å²) in [5.41, 5.74) is 3.30. The third-order valence-electron chi connectivity index (χ3n) is 4.85. The monoisotopic (exact) mass is 352 g/mol. The number of hydrogen-bond acceptors (Lipinski definition) is 3. The summed E-state index contributed by atoms with van der Waals surface area (Å²) in [6.07, 6.45) is 5.67. The number of halogens is 1. The molecular formula is C20H17ClN2O2. The number of hydrogen-bond donors (Lipinski definition) is 0. The van der Waals surface area contributed by atoms with Gasteiger partial charge in [0.25, 0.3) is 0 Å². The fraction of sp³-hybridized carbons (Fsp3) is 0.250. The Morgan fingerprint density at radius 1 is 1.08 bits per heavy atom. The summed E-state index contributed by atoms with van der Waals surface area (Å²) in [6.45, 7) is 0. The lowest BCUT2D eigenvalue weighted by Gasteiger charge is -2.38. The molecule has 0 fully saturated rings. The van der Waals surface area contributed by atoms with E-state index in [4.69, 9.17) is 11.6 Å². The van der Waals surface area contributed by atoms with E-state index >= 15 is 0 Å². The Hall–Kier alpha value is -2.46. The zero-order valence-electron chi connectivity index (χ0n) is 13.6. The van der Waals surface area contributed by atoms with Crippen molar-refractivity contribution in [2.24, 2.45) is 0 Å². The van der Waals surface area contributed by atoms with Gasteiger partial charge in [0, 0.05) is 41.2 Å². The molecule has 126 valence electrons. The Morgan fingerprint density at radius 3 is 2.60 bits per heavy atom. The molecule has 0 saturated carbocycles. The smallest absolute Gasteiger partial charge is 0.232 e. The van der Waals surface area contributed by atoms with Crippen molar-refractivity contribution in [2.75, 3.05) is 4.90 Å². The van der Waals surface area contributed by atoms with E-state index in [-0.39, 0.29) is 24.0 Å². The molecular weight excluding hydrogens is 336 g/mol. The molecule has 1 amide bonds. The summed E-state index contributed by atoms with van der Waals surface area (Å²) < 4.78 is 0. The zero-order chi connectivity index (χ0) is 17.4. The normalized spacial score (nSPS) is 20.7. The highest BCUT2D eigenvalue weighted by molar-refractivity contribution is 6.30. The van der Waals surface area contributed by atoms with Crippen LogP contribution in [0.5, 0.6) is 0 Å². The quantitative estimate of drug-likeness (QED) is 0.811. The Labute approximate surface area is 151 Å². The molecule has 4 nitrogen and oxygen atoms in total. The highest BCUT2D eigenvalue weighted by Crippen LogP contribution is 2.43. The van der Waals surface area contributed by atoms with E-state index in [2.05, 4.69) is 4.98 Å². The van der Waals surface area contributed by atoms with Gasteiger partial charge in [0.2, 0.25) is 5.91 Å². The topological polar surface area (TPSA) is 50.3 Å². The molecule has 1 aromatic heterocycles. The van der Waals surface area contributed by atoms with Crippen molar-refractivity contribution in [3.63, 3.8) is 0 Å². The molecule has 2 heterocycles. The standard InChI is InChI=1S/C20H17ClN2O2/c21-14-8-6-13(7-9-14)16-11-19(25)23(15-3-2-10-22-12-15)17-4-1-5-18(24)20(16)17/h2-3,6-10,12,16H,1,4-5,11H2. The number of allylic oxidation sites excluding steroid dienone is 2. The summed E-state index contributed by atoms with van der Waals surface area (Å²) in [5.74, 6) is -0.0514. The fourth-order valence-electron chi connectivity index (χ4n) is 3.76. The highest BCUT2D eigenvalue weighted by atomic mass is 35.5. The Balaban J connectivity index is 1.85. The second-order valence-corrected chi connectivity index (χ2v) is 6.82. The number of aromatic nitrogens is 1. The maximum absolute atomic E-state index is 12.9. The van der Waals surface area contributed by atoms with Crippen molar-refractivity contribution in [1.82, 2.24) is 4.98 Å². The van der Waals surface area contributed by atoms with Crippen LogP contribution in [0.3, 0.4) is 0 Å². The first-order chi connectivity index (χ1) is 12.1. The van der Waals surface area contributed by atoms with Crippen molar-refractivity contribution in [3.05, 3.63) is 70.6 Å². The number of ketones is 1. The number of amides is 1. The summed E-state index contributed by atoms with van der Waals surface area (Å²) in [4.78, 5) is 31.5. The minimum Gasteiger partial charge on any atom is -0.294 e. The van der Waals surface area contributed by atoms with Gasteiger partial charge in [-0.1, -0.05) is 23.7 Å². The molecule has 0 spiro atoms. The highest BCUT2D eigenvalue weighted by Gasteiger charge is 2.39. The number of Topliss-reactive ketones (excluding diaryl/α,β-unsaturated/α-hetero) is 1. The lowest BCUT2D eigenvalue weighted by Crippen LogP contribution is -2.40. The first-order valence-corrected chi connectivity index (χ1v) is 8.77. The van der Waals surface area contributed by atoms with Crippen LogP contribution in [0, 0.1) is 0 Å². The first kappa shape index (κ1) is 16.0. The molecule has 1 aromatic carbocycles. The maximum atomic E-state index is 12.9. The Kier molecular flexibility index (Phi) is 4.14. The van der Waals surface area contributed by atoms with E-state index in [1.165, 1.54) is 0 Å². The van der Waals surface area contributed by atoms with Crippen molar-refractivity contribution < 1.29 is 9.59 Å². The van der Waals surface area contributed by atoms with Crippen LogP contribution < -0.4 is 4.90 Å². The first-order valence-electron chi connectivity index (χ1n) is 8.40.